The molecular weight excluding hydrogens is 393 g/mol. The number of amides is 2. The summed E-state index contributed by atoms with van der Waals surface area (Å²) in [6.45, 7) is 0.974. The van der Waals surface area contributed by atoms with E-state index in [1.54, 1.807) is 24.1 Å². The zero-order valence-electron chi connectivity index (χ0n) is 16.0. The van der Waals surface area contributed by atoms with Crippen LogP contribution in [-0.2, 0) is 14.3 Å². The molecule has 8 heteroatoms. The van der Waals surface area contributed by atoms with Crippen LogP contribution in [0.25, 0.3) is 0 Å². The van der Waals surface area contributed by atoms with Crippen molar-refractivity contribution in [3.63, 3.8) is 0 Å². The van der Waals surface area contributed by atoms with Gasteiger partial charge in [0.15, 0.2) is 5.17 Å². The lowest BCUT2D eigenvalue weighted by atomic mass is 10.2. The largest absolute Gasteiger partial charge is 0.385 e. The quantitative estimate of drug-likeness (QED) is 0.666. The fourth-order valence-electron chi connectivity index (χ4n) is 2.84. The van der Waals surface area contributed by atoms with Gasteiger partial charge in [-0.1, -0.05) is 42.1 Å². The Morgan fingerprint density at radius 3 is 2.66 bits per heavy atom. The maximum absolute atomic E-state index is 13.8. The number of carbonyl (C=O) groups is 2. The number of para-hydroxylation sites is 2. The van der Waals surface area contributed by atoms with E-state index in [0.29, 0.717) is 24.7 Å². The van der Waals surface area contributed by atoms with Gasteiger partial charge < -0.3 is 10.1 Å². The SMILES string of the molecule is COCCCN1C(=O)C(CC(=O)Nc2ccccc2F)SC1=Nc1ccccc1. The second-order valence-electron chi connectivity index (χ2n) is 6.40. The number of nitrogens with one attached hydrogen (secondary N) is 1. The molecule has 1 unspecified atom stereocenters. The van der Waals surface area contributed by atoms with Crippen LogP contribution in [-0.4, -0.2) is 47.4 Å². The van der Waals surface area contributed by atoms with Gasteiger partial charge in [0.25, 0.3) is 0 Å². The number of hydrogen-bond donors (Lipinski definition) is 1. The lowest BCUT2D eigenvalue weighted by molar-refractivity contribution is -0.128. The maximum atomic E-state index is 13.8. The summed E-state index contributed by atoms with van der Waals surface area (Å²) in [6, 6.07) is 15.3. The number of carbonyl (C=O) groups excluding carboxylic acids is 2. The number of halogens is 1. The number of hydrogen-bond acceptors (Lipinski definition) is 5. The number of rotatable bonds is 8. The smallest absolute Gasteiger partial charge is 0.242 e. The fourth-order valence-corrected chi connectivity index (χ4v) is 4.03. The number of ether oxygens (including phenoxy) is 1. The van der Waals surface area contributed by atoms with Crippen LogP contribution in [0.15, 0.2) is 59.6 Å². The van der Waals surface area contributed by atoms with E-state index in [0.717, 1.165) is 5.69 Å². The van der Waals surface area contributed by atoms with Crippen molar-refractivity contribution in [1.82, 2.24) is 4.90 Å². The van der Waals surface area contributed by atoms with E-state index in [4.69, 9.17) is 4.74 Å². The molecule has 152 valence electrons. The first-order valence-corrected chi connectivity index (χ1v) is 10.1. The molecule has 0 spiro atoms. The van der Waals surface area contributed by atoms with Crippen LogP contribution in [0.5, 0.6) is 0 Å². The Morgan fingerprint density at radius 2 is 1.93 bits per heavy atom. The van der Waals surface area contributed by atoms with Crippen molar-refractivity contribution in [2.24, 2.45) is 4.99 Å². The summed E-state index contributed by atoms with van der Waals surface area (Å²) < 4.78 is 18.8. The van der Waals surface area contributed by atoms with Gasteiger partial charge in [-0.05, 0) is 30.7 Å². The molecule has 3 rings (SSSR count). The Bertz CT molecular complexity index is 892. The van der Waals surface area contributed by atoms with Gasteiger partial charge in [0.05, 0.1) is 11.4 Å². The molecule has 0 aliphatic carbocycles. The molecule has 0 bridgehead atoms. The fraction of sp³-hybridized carbons (Fsp3) is 0.286. The van der Waals surface area contributed by atoms with Crippen LogP contribution < -0.4 is 5.32 Å². The van der Waals surface area contributed by atoms with Gasteiger partial charge in [-0.2, -0.15) is 0 Å². The van der Waals surface area contributed by atoms with E-state index in [2.05, 4.69) is 10.3 Å². The molecule has 2 amide bonds. The van der Waals surface area contributed by atoms with Crippen molar-refractivity contribution in [3.05, 3.63) is 60.4 Å². The number of thioether (sulfide) groups is 1. The number of amidine groups is 1. The number of nitrogens with zero attached hydrogens (tertiary/aromatic N) is 2. The molecule has 29 heavy (non-hydrogen) atoms. The number of benzene rings is 2. The van der Waals surface area contributed by atoms with Crippen LogP contribution >= 0.6 is 11.8 Å². The van der Waals surface area contributed by atoms with Gasteiger partial charge in [0.2, 0.25) is 11.8 Å². The van der Waals surface area contributed by atoms with Crippen molar-refractivity contribution < 1.29 is 18.7 Å². The highest BCUT2D eigenvalue weighted by molar-refractivity contribution is 8.15. The van der Waals surface area contributed by atoms with E-state index in [9.17, 15) is 14.0 Å². The Morgan fingerprint density at radius 1 is 1.21 bits per heavy atom. The third kappa shape index (κ3) is 5.65. The first kappa shape index (κ1) is 21.0. The molecule has 1 atom stereocenters. The topological polar surface area (TPSA) is 71.0 Å². The highest BCUT2D eigenvalue weighted by Gasteiger charge is 2.38. The molecule has 6 nitrogen and oxygen atoms in total. The highest BCUT2D eigenvalue weighted by Crippen LogP contribution is 2.32. The zero-order chi connectivity index (χ0) is 20.6. The van der Waals surface area contributed by atoms with Gasteiger partial charge in [0.1, 0.15) is 11.1 Å². The summed E-state index contributed by atoms with van der Waals surface area (Å²) in [5, 5.41) is 2.48. The molecule has 0 radical (unpaired) electrons. The molecule has 1 fully saturated rings. The van der Waals surface area contributed by atoms with Gasteiger partial charge in [-0.15, -0.1) is 0 Å². The average molecular weight is 415 g/mol. The molecule has 0 saturated carbocycles. The molecular formula is C21H22FN3O3S. The molecule has 0 aromatic heterocycles. The van der Waals surface area contributed by atoms with Gasteiger partial charge in [-0.25, -0.2) is 9.38 Å². The molecule has 2 aromatic carbocycles. The van der Waals surface area contributed by atoms with Crippen LogP contribution in [0.3, 0.4) is 0 Å². The summed E-state index contributed by atoms with van der Waals surface area (Å²) in [5.41, 5.74) is 0.832. The third-order valence-electron chi connectivity index (χ3n) is 4.25. The first-order valence-electron chi connectivity index (χ1n) is 9.23. The Kier molecular flexibility index (Phi) is 7.37. The minimum Gasteiger partial charge on any atom is -0.385 e. The summed E-state index contributed by atoms with van der Waals surface area (Å²) in [6.07, 6.45) is 0.594. The monoisotopic (exact) mass is 415 g/mol. The zero-order valence-corrected chi connectivity index (χ0v) is 16.8. The van der Waals surface area contributed by atoms with E-state index in [1.807, 2.05) is 30.3 Å². The lowest BCUT2D eigenvalue weighted by Crippen LogP contribution is -2.34. The third-order valence-corrected chi connectivity index (χ3v) is 5.43. The Balaban J connectivity index is 1.72. The maximum Gasteiger partial charge on any atom is 0.242 e. The standard InChI is InChI=1S/C21H22FN3O3S/c1-28-13-7-12-25-20(27)18(29-21(25)23-15-8-3-2-4-9-15)14-19(26)24-17-11-6-5-10-16(17)22/h2-6,8-11,18H,7,12-14H2,1H3,(H,24,26). The second kappa shape index (κ2) is 10.2. The van der Waals surface area contributed by atoms with Crippen molar-refractivity contribution >= 4 is 40.1 Å². The summed E-state index contributed by atoms with van der Waals surface area (Å²) in [4.78, 5) is 31.4. The van der Waals surface area contributed by atoms with Crippen LogP contribution in [0, 0.1) is 5.82 Å². The Hall–Kier alpha value is -2.71. The summed E-state index contributed by atoms with van der Waals surface area (Å²) in [7, 11) is 1.61. The average Bonchev–Trinajstić information content (AvgIpc) is 2.99. The van der Waals surface area contributed by atoms with Gasteiger partial charge >= 0.3 is 0 Å². The van der Waals surface area contributed by atoms with Crippen LogP contribution in [0.4, 0.5) is 15.8 Å². The number of aliphatic imine (C=N–C) groups is 1. The lowest BCUT2D eigenvalue weighted by Gasteiger charge is -2.16. The van der Waals surface area contributed by atoms with E-state index >= 15 is 0 Å². The minimum atomic E-state index is -0.605. The molecule has 1 aliphatic rings. The molecule has 1 heterocycles. The minimum absolute atomic E-state index is 0.0631. The van der Waals surface area contributed by atoms with Crippen molar-refractivity contribution in [3.8, 4) is 0 Å². The summed E-state index contributed by atoms with van der Waals surface area (Å²) in [5.74, 6) is -1.11. The first-order chi connectivity index (χ1) is 14.1. The van der Waals surface area contributed by atoms with E-state index < -0.39 is 17.0 Å². The molecule has 1 aliphatic heterocycles. The highest BCUT2D eigenvalue weighted by atomic mass is 32.2. The van der Waals surface area contributed by atoms with Crippen LogP contribution in [0.2, 0.25) is 0 Å². The van der Waals surface area contributed by atoms with E-state index in [1.165, 1.54) is 23.9 Å². The summed E-state index contributed by atoms with van der Waals surface area (Å²) >= 11 is 1.25. The van der Waals surface area contributed by atoms with Crippen LogP contribution in [0.1, 0.15) is 12.8 Å². The predicted octanol–water partition coefficient (Wildman–Crippen LogP) is 3.82. The van der Waals surface area contributed by atoms with Crippen molar-refractivity contribution in [2.45, 2.75) is 18.1 Å². The number of methoxy groups -OCH3 is 1. The van der Waals surface area contributed by atoms with Crippen molar-refractivity contribution in [2.75, 3.05) is 25.6 Å². The molecule has 1 saturated heterocycles. The van der Waals surface area contributed by atoms with E-state index in [-0.39, 0.29) is 18.0 Å². The predicted molar refractivity (Wildman–Crippen MR) is 113 cm³/mol. The van der Waals surface area contributed by atoms with Gasteiger partial charge in [0, 0.05) is 26.7 Å². The second-order valence-corrected chi connectivity index (χ2v) is 7.57. The Labute approximate surface area is 173 Å². The molecule has 1 N–H and O–H groups in total. The van der Waals surface area contributed by atoms with Gasteiger partial charge in [-0.3, -0.25) is 14.5 Å². The normalized spacial score (nSPS) is 17.7. The van der Waals surface area contributed by atoms with Crippen molar-refractivity contribution in [1.29, 1.82) is 0 Å². The molecule has 2 aromatic rings. The number of anilines is 1.